The molecule has 2 heterocycles. The zero-order valence-electron chi connectivity index (χ0n) is 14.2. The van der Waals surface area contributed by atoms with E-state index in [1.807, 2.05) is 12.1 Å². The molecule has 0 spiro atoms. The molecule has 0 aliphatic heterocycles. The third kappa shape index (κ3) is 3.42. The van der Waals surface area contributed by atoms with Crippen molar-refractivity contribution in [3.63, 3.8) is 0 Å². The maximum atomic E-state index is 12.6. The van der Waals surface area contributed by atoms with Crippen LogP contribution in [0.5, 0.6) is 0 Å². The number of thioether (sulfide) groups is 1. The van der Waals surface area contributed by atoms with Gasteiger partial charge in [0.05, 0.1) is 12.8 Å². The number of benzene rings is 1. The van der Waals surface area contributed by atoms with Gasteiger partial charge in [0.1, 0.15) is 10.8 Å². The number of aryl methyl sites for hydroxylation is 1. The molecule has 5 heteroatoms. The molecule has 2 aromatic heterocycles. The molecule has 0 saturated carbocycles. The second kappa shape index (κ2) is 6.92. The Kier molecular flexibility index (Phi) is 4.49. The Morgan fingerprint density at radius 2 is 2.04 bits per heavy atom. The second-order valence-electron chi connectivity index (χ2n) is 6.42. The topological polar surface area (TPSA) is 48.0 Å². The highest BCUT2D eigenvalue weighted by molar-refractivity contribution is 7.98. The normalized spacial score (nSPS) is 13.2. The summed E-state index contributed by atoms with van der Waals surface area (Å²) in [6.07, 6.45) is 4.65. The Bertz CT molecular complexity index is 928. The average Bonchev–Trinajstić information content (AvgIpc) is 3.29. The molecule has 1 aromatic carbocycles. The maximum Gasteiger partial charge on any atom is 0.349 e. The number of aromatic nitrogens is 2. The molecule has 0 N–H and O–H groups in total. The lowest BCUT2D eigenvalue weighted by molar-refractivity contribution is 0.481. The molecule has 0 unspecified atom stereocenters. The number of fused-ring (bicyclic) bond motifs is 1. The lowest BCUT2D eigenvalue weighted by Crippen LogP contribution is -2.27. The first kappa shape index (κ1) is 16.2. The summed E-state index contributed by atoms with van der Waals surface area (Å²) in [5, 5.41) is 0.897. The van der Waals surface area contributed by atoms with Gasteiger partial charge in [0, 0.05) is 17.0 Å². The molecule has 0 bridgehead atoms. The van der Waals surface area contributed by atoms with E-state index in [0.29, 0.717) is 6.54 Å². The first-order valence-electron chi connectivity index (χ1n) is 8.54. The van der Waals surface area contributed by atoms with Crippen molar-refractivity contribution in [3.05, 3.63) is 81.3 Å². The van der Waals surface area contributed by atoms with Gasteiger partial charge in [0.25, 0.3) is 0 Å². The van der Waals surface area contributed by atoms with Crippen LogP contribution in [-0.4, -0.2) is 9.55 Å². The molecule has 0 atom stereocenters. The zero-order chi connectivity index (χ0) is 17.2. The van der Waals surface area contributed by atoms with Gasteiger partial charge in [-0.1, -0.05) is 29.8 Å². The molecule has 0 radical (unpaired) electrons. The lowest BCUT2D eigenvalue weighted by atomic mass is 10.2. The van der Waals surface area contributed by atoms with Gasteiger partial charge >= 0.3 is 5.69 Å². The van der Waals surface area contributed by atoms with Crippen LogP contribution in [0.4, 0.5) is 0 Å². The predicted molar refractivity (Wildman–Crippen MR) is 99.1 cm³/mol. The van der Waals surface area contributed by atoms with Crippen molar-refractivity contribution in [1.82, 2.24) is 9.55 Å². The van der Waals surface area contributed by atoms with Crippen LogP contribution < -0.4 is 5.69 Å². The van der Waals surface area contributed by atoms with Gasteiger partial charge < -0.3 is 4.42 Å². The molecule has 3 aromatic rings. The Balaban J connectivity index is 1.61. The predicted octanol–water partition coefficient (Wildman–Crippen LogP) is 3.97. The minimum Gasteiger partial charge on any atom is -0.467 e. The Morgan fingerprint density at radius 1 is 1.20 bits per heavy atom. The van der Waals surface area contributed by atoms with Crippen molar-refractivity contribution in [2.75, 3.05) is 0 Å². The van der Waals surface area contributed by atoms with Crippen molar-refractivity contribution in [2.45, 2.75) is 43.5 Å². The summed E-state index contributed by atoms with van der Waals surface area (Å²) in [7, 11) is 0. The number of hydrogen-bond donors (Lipinski definition) is 0. The smallest absolute Gasteiger partial charge is 0.349 e. The van der Waals surface area contributed by atoms with E-state index in [1.54, 1.807) is 22.6 Å². The zero-order valence-corrected chi connectivity index (χ0v) is 15.0. The van der Waals surface area contributed by atoms with E-state index in [2.05, 4.69) is 36.2 Å². The summed E-state index contributed by atoms with van der Waals surface area (Å²) >= 11 is 1.67. The average molecular weight is 352 g/mol. The highest BCUT2D eigenvalue weighted by Crippen LogP contribution is 2.31. The monoisotopic (exact) mass is 352 g/mol. The molecule has 25 heavy (non-hydrogen) atoms. The van der Waals surface area contributed by atoms with Crippen LogP contribution in [-0.2, 0) is 25.1 Å². The molecular formula is C20H20N2O2S. The molecular weight excluding hydrogens is 332 g/mol. The Morgan fingerprint density at radius 3 is 2.80 bits per heavy atom. The van der Waals surface area contributed by atoms with Gasteiger partial charge in [-0.15, -0.1) is 11.8 Å². The molecule has 128 valence electrons. The largest absolute Gasteiger partial charge is 0.467 e. The quantitative estimate of drug-likeness (QED) is 0.515. The third-order valence-corrected chi connectivity index (χ3v) is 5.68. The van der Waals surface area contributed by atoms with Crippen molar-refractivity contribution in [1.29, 1.82) is 0 Å². The summed E-state index contributed by atoms with van der Waals surface area (Å²) in [6, 6.07) is 12.3. The number of nitrogens with zero attached hydrogens (tertiary/aromatic N) is 2. The maximum absolute atomic E-state index is 12.6. The fraction of sp³-hybridized carbons (Fsp3) is 0.300. The molecule has 0 amide bonds. The van der Waals surface area contributed by atoms with E-state index in [9.17, 15) is 4.79 Å². The summed E-state index contributed by atoms with van der Waals surface area (Å²) in [5.41, 5.74) is 4.70. The van der Waals surface area contributed by atoms with Gasteiger partial charge in [0.2, 0.25) is 0 Å². The second-order valence-corrected chi connectivity index (χ2v) is 7.38. The van der Waals surface area contributed by atoms with E-state index >= 15 is 0 Å². The Labute approximate surface area is 150 Å². The number of hydrogen-bond acceptors (Lipinski definition) is 4. The fourth-order valence-corrected chi connectivity index (χ4v) is 4.30. The van der Waals surface area contributed by atoms with Crippen LogP contribution in [0.3, 0.4) is 0 Å². The summed E-state index contributed by atoms with van der Waals surface area (Å²) < 4.78 is 7.18. The van der Waals surface area contributed by atoms with Gasteiger partial charge in [-0.05, 0) is 43.9 Å². The van der Waals surface area contributed by atoms with E-state index in [-0.39, 0.29) is 5.69 Å². The lowest BCUT2D eigenvalue weighted by Gasteiger charge is -2.13. The first-order valence-corrected chi connectivity index (χ1v) is 9.52. The van der Waals surface area contributed by atoms with E-state index in [4.69, 9.17) is 4.42 Å². The van der Waals surface area contributed by atoms with Gasteiger partial charge in [-0.25, -0.2) is 4.79 Å². The number of rotatable bonds is 5. The van der Waals surface area contributed by atoms with E-state index in [1.165, 1.54) is 16.7 Å². The van der Waals surface area contributed by atoms with Crippen LogP contribution in [0.1, 0.15) is 34.6 Å². The summed E-state index contributed by atoms with van der Waals surface area (Å²) in [5.74, 6) is 1.62. The number of furan rings is 1. The molecule has 0 saturated heterocycles. The van der Waals surface area contributed by atoms with E-state index in [0.717, 1.165) is 41.5 Å². The fourth-order valence-electron chi connectivity index (χ4n) is 3.26. The first-order chi connectivity index (χ1) is 12.2. The van der Waals surface area contributed by atoms with Crippen LogP contribution in [0.15, 0.2) is 56.9 Å². The molecule has 0 fully saturated rings. The standard InChI is InChI=1S/C20H20N2O2S/c1-14-7-9-15(10-8-14)13-25-19-17-5-2-6-18(17)22(20(23)21-19)12-16-4-3-11-24-16/h3-4,7-11H,2,5-6,12-13H2,1H3. The van der Waals surface area contributed by atoms with Crippen LogP contribution in [0.25, 0.3) is 0 Å². The summed E-state index contributed by atoms with van der Waals surface area (Å²) in [6.45, 7) is 2.55. The minimum atomic E-state index is -0.177. The molecule has 4 nitrogen and oxygen atoms in total. The third-order valence-electron chi connectivity index (χ3n) is 4.59. The van der Waals surface area contributed by atoms with Gasteiger partial charge in [-0.2, -0.15) is 4.98 Å². The van der Waals surface area contributed by atoms with Crippen LogP contribution in [0.2, 0.25) is 0 Å². The highest BCUT2D eigenvalue weighted by atomic mass is 32.2. The highest BCUT2D eigenvalue weighted by Gasteiger charge is 2.22. The van der Waals surface area contributed by atoms with Gasteiger partial charge in [-0.3, -0.25) is 4.57 Å². The van der Waals surface area contributed by atoms with Crippen molar-refractivity contribution >= 4 is 11.8 Å². The van der Waals surface area contributed by atoms with E-state index < -0.39 is 0 Å². The van der Waals surface area contributed by atoms with Crippen molar-refractivity contribution < 1.29 is 4.42 Å². The van der Waals surface area contributed by atoms with Gasteiger partial charge in [0.15, 0.2) is 0 Å². The molecule has 1 aliphatic carbocycles. The van der Waals surface area contributed by atoms with Crippen molar-refractivity contribution in [2.24, 2.45) is 0 Å². The van der Waals surface area contributed by atoms with Crippen LogP contribution >= 0.6 is 11.8 Å². The van der Waals surface area contributed by atoms with Crippen molar-refractivity contribution in [3.8, 4) is 0 Å². The molecule has 1 aliphatic rings. The Hall–Kier alpha value is -2.27. The minimum absolute atomic E-state index is 0.177. The summed E-state index contributed by atoms with van der Waals surface area (Å²) in [4.78, 5) is 17.0. The molecule has 4 rings (SSSR count). The SMILES string of the molecule is Cc1ccc(CSc2nc(=O)n(Cc3ccco3)c3c2CCC3)cc1. The van der Waals surface area contributed by atoms with Crippen LogP contribution in [0, 0.1) is 6.92 Å².